The minimum Gasteiger partial charge on any atom is -0.371 e. The third-order valence-corrected chi connectivity index (χ3v) is 2.74. The van der Waals surface area contributed by atoms with Crippen LogP contribution < -0.4 is 5.56 Å². The molecule has 4 nitrogen and oxygen atoms in total. The Hall–Kier alpha value is -2.62. The molecule has 4 heteroatoms. The minimum absolute atomic E-state index is 0.228. The van der Waals surface area contributed by atoms with Gasteiger partial charge in [0.15, 0.2) is 5.58 Å². The summed E-state index contributed by atoms with van der Waals surface area (Å²) in [5.74, 6) is 0. The number of nitrogens with zero attached hydrogens (tertiary/aromatic N) is 1. The Kier molecular flexibility index (Phi) is 2.34. The van der Waals surface area contributed by atoms with Crippen molar-refractivity contribution in [3.63, 3.8) is 0 Å². The summed E-state index contributed by atoms with van der Waals surface area (Å²) in [5, 5.41) is 0.462. The predicted octanol–water partition coefficient (Wildman–Crippen LogP) is 2.40. The number of hydrogen-bond donors (Lipinski definition) is 0. The fourth-order valence-electron chi connectivity index (χ4n) is 1.85. The van der Waals surface area contributed by atoms with Crippen molar-refractivity contribution in [3.8, 4) is 5.69 Å². The quantitative estimate of drug-likeness (QED) is 0.645. The molecule has 0 fully saturated rings. The molecule has 0 radical (unpaired) electrons. The average molecular weight is 239 g/mol. The molecule has 0 aliphatic rings. The van der Waals surface area contributed by atoms with Crippen LogP contribution in [0, 0.1) is 0 Å². The third-order valence-electron chi connectivity index (χ3n) is 2.74. The molecular formula is C14H9NO3. The highest BCUT2D eigenvalue weighted by Gasteiger charge is 2.10. The first kappa shape index (κ1) is 10.5. The predicted molar refractivity (Wildman–Crippen MR) is 67.2 cm³/mol. The largest absolute Gasteiger partial charge is 0.371 e. The zero-order chi connectivity index (χ0) is 12.5. The topological polar surface area (TPSA) is 52.2 Å². The molecule has 88 valence electrons. The standard InChI is InChI=1S/C14H9NO3/c16-9-10-6-7-12-13(8-10)18-15(14(12)17)11-4-2-1-3-5-11/h1-9H. The van der Waals surface area contributed by atoms with Crippen LogP contribution in [-0.2, 0) is 0 Å². The van der Waals surface area contributed by atoms with Gasteiger partial charge in [-0.1, -0.05) is 24.3 Å². The van der Waals surface area contributed by atoms with Crippen LogP contribution in [-0.4, -0.2) is 11.0 Å². The van der Waals surface area contributed by atoms with Gasteiger partial charge in [-0.2, -0.15) is 0 Å². The van der Waals surface area contributed by atoms with Gasteiger partial charge in [0.25, 0.3) is 5.56 Å². The number of hydrogen-bond acceptors (Lipinski definition) is 3. The van der Waals surface area contributed by atoms with E-state index in [1.54, 1.807) is 30.3 Å². The Labute approximate surface area is 102 Å². The molecular weight excluding hydrogens is 230 g/mol. The van der Waals surface area contributed by atoms with Crippen molar-refractivity contribution in [2.24, 2.45) is 0 Å². The van der Waals surface area contributed by atoms with E-state index < -0.39 is 0 Å². The molecule has 0 aliphatic heterocycles. The summed E-state index contributed by atoms with van der Waals surface area (Å²) in [7, 11) is 0. The molecule has 0 spiro atoms. The fourth-order valence-corrected chi connectivity index (χ4v) is 1.85. The first-order chi connectivity index (χ1) is 8.79. The summed E-state index contributed by atoms with van der Waals surface area (Å²) in [6.45, 7) is 0. The lowest BCUT2D eigenvalue weighted by Gasteiger charge is -1.96. The van der Waals surface area contributed by atoms with Gasteiger partial charge < -0.3 is 4.52 Å². The van der Waals surface area contributed by atoms with Crippen molar-refractivity contribution in [3.05, 3.63) is 64.4 Å². The van der Waals surface area contributed by atoms with E-state index >= 15 is 0 Å². The Morgan fingerprint density at radius 1 is 1.06 bits per heavy atom. The number of benzene rings is 2. The molecule has 0 atom stereocenters. The van der Waals surface area contributed by atoms with Gasteiger partial charge in [0.2, 0.25) is 0 Å². The van der Waals surface area contributed by atoms with E-state index in [1.807, 2.05) is 18.2 Å². The molecule has 3 rings (SSSR count). The van der Waals surface area contributed by atoms with Crippen LogP contribution in [0.5, 0.6) is 0 Å². The molecule has 0 bridgehead atoms. The lowest BCUT2D eigenvalue weighted by Crippen LogP contribution is -2.11. The SMILES string of the molecule is O=Cc1ccc2c(=O)n(-c3ccccc3)oc2c1. The highest BCUT2D eigenvalue weighted by atomic mass is 16.5. The van der Waals surface area contributed by atoms with Gasteiger partial charge in [0.05, 0.1) is 11.1 Å². The van der Waals surface area contributed by atoms with Gasteiger partial charge in [-0.15, -0.1) is 4.74 Å². The average Bonchev–Trinajstić information content (AvgIpc) is 2.76. The van der Waals surface area contributed by atoms with Crippen LogP contribution in [0.2, 0.25) is 0 Å². The molecule has 18 heavy (non-hydrogen) atoms. The number of carbonyl (C=O) groups is 1. The summed E-state index contributed by atoms with van der Waals surface area (Å²) >= 11 is 0. The van der Waals surface area contributed by atoms with Gasteiger partial charge in [0.1, 0.15) is 6.29 Å². The van der Waals surface area contributed by atoms with E-state index in [0.717, 1.165) is 6.29 Å². The van der Waals surface area contributed by atoms with Crippen LogP contribution in [0.4, 0.5) is 0 Å². The molecule has 0 amide bonds. The van der Waals surface area contributed by atoms with Gasteiger partial charge in [0, 0.05) is 5.56 Å². The zero-order valence-electron chi connectivity index (χ0n) is 9.37. The second-order valence-corrected chi connectivity index (χ2v) is 3.90. The molecule has 0 saturated heterocycles. The number of carbonyl (C=O) groups excluding carboxylic acids is 1. The summed E-state index contributed by atoms with van der Waals surface area (Å²) in [5.41, 5.74) is 1.32. The van der Waals surface area contributed by atoms with Crippen molar-refractivity contribution in [2.45, 2.75) is 0 Å². The first-order valence-corrected chi connectivity index (χ1v) is 5.46. The third kappa shape index (κ3) is 1.55. The highest BCUT2D eigenvalue weighted by Crippen LogP contribution is 2.15. The molecule has 0 N–H and O–H groups in total. The first-order valence-electron chi connectivity index (χ1n) is 5.46. The molecule has 0 saturated carbocycles. The van der Waals surface area contributed by atoms with Crippen LogP contribution in [0.3, 0.4) is 0 Å². The lowest BCUT2D eigenvalue weighted by atomic mass is 10.2. The van der Waals surface area contributed by atoms with E-state index in [4.69, 9.17) is 4.52 Å². The second kappa shape index (κ2) is 4.00. The van der Waals surface area contributed by atoms with E-state index in [1.165, 1.54) is 4.74 Å². The molecule has 1 heterocycles. The zero-order valence-corrected chi connectivity index (χ0v) is 9.37. The van der Waals surface area contributed by atoms with Crippen LogP contribution >= 0.6 is 0 Å². The smallest absolute Gasteiger partial charge is 0.295 e. The van der Waals surface area contributed by atoms with Gasteiger partial charge >= 0.3 is 0 Å². The van der Waals surface area contributed by atoms with E-state index in [-0.39, 0.29) is 5.56 Å². The van der Waals surface area contributed by atoms with Crippen LogP contribution in [0.15, 0.2) is 57.8 Å². The number of fused-ring (bicyclic) bond motifs is 1. The summed E-state index contributed by atoms with van der Waals surface area (Å²) in [4.78, 5) is 22.8. The van der Waals surface area contributed by atoms with Crippen molar-refractivity contribution in [1.82, 2.24) is 4.74 Å². The summed E-state index contributed by atoms with van der Waals surface area (Å²) < 4.78 is 6.69. The van der Waals surface area contributed by atoms with Gasteiger partial charge in [-0.3, -0.25) is 9.59 Å². The maximum Gasteiger partial charge on any atom is 0.295 e. The molecule has 3 aromatic rings. The maximum absolute atomic E-state index is 12.1. The Morgan fingerprint density at radius 3 is 2.56 bits per heavy atom. The Morgan fingerprint density at radius 2 is 1.83 bits per heavy atom. The van der Waals surface area contributed by atoms with E-state index in [2.05, 4.69) is 0 Å². The van der Waals surface area contributed by atoms with Crippen molar-refractivity contribution in [2.75, 3.05) is 0 Å². The Bertz CT molecular complexity index is 769. The summed E-state index contributed by atoms with van der Waals surface area (Å²) in [6.07, 6.45) is 0.722. The molecule has 1 aromatic heterocycles. The van der Waals surface area contributed by atoms with Crippen LogP contribution in [0.1, 0.15) is 10.4 Å². The number of rotatable bonds is 2. The molecule has 0 aliphatic carbocycles. The van der Waals surface area contributed by atoms with E-state index in [9.17, 15) is 9.59 Å². The Balaban J connectivity index is 2.29. The molecule has 0 unspecified atom stereocenters. The minimum atomic E-state index is -0.228. The van der Waals surface area contributed by atoms with Gasteiger partial charge in [-0.05, 0) is 24.3 Å². The maximum atomic E-state index is 12.1. The van der Waals surface area contributed by atoms with Gasteiger partial charge in [-0.25, -0.2) is 0 Å². The fraction of sp³-hybridized carbons (Fsp3) is 0. The monoisotopic (exact) mass is 239 g/mol. The second-order valence-electron chi connectivity index (χ2n) is 3.90. The summed E-state index contributed by atoms with van der Waals surface area (Å²) in [6, 6.07) is 13.8. The number of aldehydes is 1. The van der Waals surface area contributed by atoms with E-state index in [0.29, 0.717) is 22.2 Å². The van der Waals surface area contributed by atoms with Crippen LogP contribution in [0.25, 0.3) is 16.7 Å². The van der Waals surface area contributed by atoms with Crippen molar-refractivity contribution < 1.29 is 9.32 Å². The molecule has 2 aromatic carbocycles. The highest BCUT2D eigenvalue weighted by molar-refractivity contribution is 5.85. The van der Waals surface area contributed by atoms with Crippen molar-refractivity contribution in [1.29, 1.82) is 0 Å². The number of aromatic nitrogens is 1. The number of para-hydroxylation sites is 1. The lowest BCUT2D eigenvalue weighted by molar-refractivity contribution is 0.112. The van der Waals surface area contributed by atoms with Crippen molar-refractivity contribution >= 4 is 17.3 Å². The normalized spacial score (nSPS) is 10.7.